The zero-order valence-electron chi connectivity index (χ0n) is 13.4. The summed E-state index contributed by atoms with van der Waals surface area (Å²) in [5.41, 5.74) is 0.354. The fraction of sp³-hybridized carbons (Fsp3) is 0.188. The van der Waals surface area contributed by atoms with Gasteiger partial charge in [-0.05, 0) is 36.4 Å². The lowest BCUT2D eigenvalue weighted by Crippen LogP contribution is -2.22. The first-order chi connectivity index (χ1) is 11.7. The lowest BCUT2D eigenvalue weighted by atomic mass is 10.2. The van der Waals surface area contributed by atoms with Gasteiger partial charge in [0.05, 0.1) is 4.90 Å². The molecule has 0 saturated heterocycles. The number of halogens is 2. The van der Waals surface area contributed by atoms with E-state index >= 15 is 0 Å². The summed E-state index contributed by atoms with van der Waals surface area (Å²) in [6, 6.07) is 11.0. The molecule has 2 aromatic carbocycles. The van der Waals surface area contributed by atoms with E-state index in [-0.39, 0.29) is 21.9 Å². The Kier molecular flexibility index (Phi) is 5.70. The molecule has 0 unspecified atom stereocenters. The van der Waals surface area contributed by atoms with Gasteiger partial charge in [0.2, 0.25) is 10.0 Å². The summed E-state index contributed by atoms with van der Waals surface area (Å²) >= 11 is 0. The van der Waals surface area contributed by atoms with Gasteiger partial charge in [-0.15, -0.1) is 0 Å². The van der Waals surface area contributed by atoms with Crippen LogP contribution in [0.4, 0.5) is 14.5 Å². The molecule has 1 amide bonds. The van der Waals surface area contributed by atoms with Crippen LogP contribution in [0.25, 0.3) is 0 Å². The molecule has 0 aromatic heterocycles. The molecule has 25 heavy (non-hydrogen) atoms. The largest absolute Gasteiger partial charge is 0.435 e. The fourth-order valence-electron chi connectivity index (χ4n) is 1.96. The molecule has 0 spiro atoms. The summed E-state index contributed by atoms with van der Waals surface area (Å²) in [5.74, 6) is -0.731. The van der Waals surface area contributed by atoms with E-state index in [2.05, 4.69) is 10.1 Å². The van der Waals surface area contributed by atoms with Gasteiger partial charge in [0, 0.05) is 25.3 Å². The number of hydrogen-bond donors (Lipinski definition) is 1. The molecule has 0 aliphatic rings. The van der Waals surface area contributed by atoms with Crippen LogP contribution in [0.3, 0.4) is 0 Å². The van der Waals surface area contributed by atoms with Crippen molar-refractivity contribution in [3.8, 4) is 5.75 Å². The van der Waals surface area contributed by atoms with Gasteiger partial charge in [-0.3, -0.25) is 4.79 Å². The summed E-state index contributed by atoms with van der Waals surface area (Å²) in [6.07, 6.45) is 0. The van der Waals surface area contributed by atoms with Crippen molar-refractivity contribution in [1.29, 1.82) is 0 Å². The number of benzene rings is 2. The molecule has 6 nitrogen and oxygen atoms in total. The van der Waals surface area contributed by atoms with Crippen molar-refractivity contribution in [2.75, 3.05) is 19.4 Å². The lowest BCUT2D eigenvalue weighted by molar-refractivity contribution is -0.0498. The third kappa shape index (κ3) is 4.74. The summed E-state index contributed by atoms with van der Waals surface area (Å²) in [5, 5.41) is 2.53. The Morgan fingerprint density at radius 3 is 2.44 bits per heavy atom. The van der Waals surface area contributed by atoms with Crippen molar-refractivity contribution in [2.45, 2.75) is 11.5 Å². The van der Waals surface area contributed by atoms with E-state index in [0.717, 1.165) is 4.31 Å². The quantitative estimate of drug-likeness (QED) is 0.848. The molecule has 1 N–H and O–H groups in total. The van der Waals surface area contributed by atoms with Crippen LogP contribution >= 0.6 is 0 Å². The average Bonchev–Trinajstić information content (AvgIpc) is 2.54. The number of ether oxygens (including phenoxy) is 1. The maximum absolute atomic E-state index is 12.2. The van der Waals surface area contributed by atoms with Crippen LogP contribution in [0.5, 0.6) is 5.75 Å². The minimum absolute atomic E-state index is 0.0186. The molecule has 0 aliphatic heterocycles. The first-order valence-electron chi connectivity index (χ1n) is 7.09. The Hall–Kier alpha value is -2.52. The molecule has 0 saturated carbocycles. The van der Waals surface area contributed by atoms with Crippen LogP contribution in [0, 0.1) is 0 Å². The molecule has 9 heteroatoms. The van der Waals surface area contributed by atoms with Crippen LogP contribution < -0.4 is 10.1 Å². The Balaban J connectivity index is 2.22. The molecule has 0 atom stereocenters. The van der Waals surface area contributed by atoms with Crippen LogP contribution in [0.1, 0.15) is 10.4 Å². The van der Waals surface area contributed by atoms with Gasteiger partial charge in [0.15, 0.2) is 0 Å². The van der Waals surface area contributed by atoms with Crippen molar-refractivity contribution < 1.29 is 26.7 Å². The number of hydrogen-bond acceptors (Lipinski definition) is 4. The van der Waals surface area contributed by atoms with Crippen molar-refractivity contribution in [3.05, 3.63) is 54.1 Å². The van der Waals surface area contributed by atoms with Gasteiger partial charge in [-0.1, -0.05) is 12.1 Å². The monoisotopic (exact) mass is 370 g/mol. The number of amides is 1. The zero-order chi connectivity index (χ0) is 18.6. The van der Waals surface area contributed by atoms with E-state index in [1.54, 1.807) is 0 Å². The van der Waals surface area contributed by atoms with Gasteiger partial charge in [0.1, 0.15) is 5.75 Å². The van der Waals surface area contributed by atoms with E-state index in [0.29, 0.717) is 0 Å². The fourth-order valence-corrected chi connectivity index (χ4v) is 2.91. The second-order valence-electron chi connectivity index (χ2n) is 5.18. The average molecular weight is 370 g/mol. The minimum Gasteiger partial charge on any atom is -0.435 e. The smallest absolute Gasteiger partial charge is 0.387 e. The molecule has 0 fully saturated rings. The second kappa shape index (κ2) is 7.58. The number of sulfonamides is 1. The SMILES string of the molecule is CN(C)S(=O)(=O)c1cccc(NC(=O)c2cccc(OC(F)F)c2)c1. The third-order valence-corrected chi connectivity index (χ3v) is 5.00. The topological polar surface area (TPSA) is 75.7 Å². The van der Waals surface area contributed by atoms with E-state index in [1.165, 1.54) is 62.6 Å². The van der Waals surface area contributed by atoms with Crippen molar-refractivity contribution in [1.82, 2.24) is 4.31 Å². The van der Waals surface area contributed by atoms with Crippen LogP contribution in [0.15, 0.2) is 53.4 Å². The third-order valence-electron chi connectivity index (χ3n) is 3.19. The second-order valence-corrected chi connectivity index (χ2v) is 7.33. The highest BCUT2D eigenvalue weighted by Crippen LogP contribution is 2.20. The first kappa shape index (κ1) is 18.8. The summed E-state index contributed by atoms with van der Waals surface area (Å²) in [6.45, 7) is -2.99. The maximum Gasteiger partial charge on any atom is 0.387 e. The van der Waals surface area contributed by atoms with E-state index in [4.69, 9.17) is 0 Å². The van der Waals surface area contributed by atoms with Crippen molar-refractivity contribution >= 4 is 21.6 Å². The summed E-state index contributed by atoms with van der Waals surface area (Å²) < 4.78 is 54.0. The number of anilines is 1. The van der Waals surface area contributed by atoms with Crippen LogP contribution in [0.2, 0.25) is 0 Å². The Morgan fingerprint density at radius 2 is 1.80 bits per heavy atom. The van der Waals surface area contributed by atoms with Gasteiger partial charge in [-0.25, -0.2) is 12.7 Å². The van der Waals surface area contributed by atoms with E-state index < -0.39 is 22.5 Å². The number of nitrogens with zero attached hydrogens (tertiary/aromatic N) is 1. The minimum atomic E-state index is -3.64. The molecule has 134 valence electrons. The van der Waals surface area contributed by atoms with Gasteiger partial charge in [-0.2, -0.15) is 8.78 Å². The van der Waals surface area contributed by atoms with Crippen LogP contribution in [-0.4, -0.2) is 39.3 Å². The van der Waals surface area contributed by atoms with Gasteiger partial charge >= 0.3 is 6.61 Å². The first-order valence-corrected chi connectivity index (χ1v) is 8.53. The molecule has 2 rings (SSSR count). The Bertz CT molecular complexity index is 870. The summed E-state index contributed by atoms with van der Waals surface area (Å²) in [4.78, 5) is 12.3. The van der Waals surface area contributed by atoms with Crippen molar-refractivity contribution in [2.24, 2.45) is 0 Å². The number of carbonyl (C=O) groups is 1. The molecule has 0 aliphatic carbocycles. The molecular weight excluding hydrogens is 354 g/mol. The molecule has 0 heterocycles. The maximum atomic E-state index is 12.2. The summed E-state index contributed by atoms with van der Waals surface area (Å²) in [7, 11) is -0.846. The Labute approximate surface area is 144 Å². The molecule has 0 radical (unpaired) electrons. The highest BCUT2D eigenvalue weighted by atomic mass is 32.2. The molecule has 2 aromatic rings. The molecule has 0 bridgehead atoms. The predicted molar refractivity (Wildman–Crippen MR) is 88.3 cm³/mol. The van der Waals surface area contributed by atoms with Gasteiger partial charge in [0.25, 0.3) is 5.91 Å². The van der Waals surface area contributed by atoms with Crippen molar-refractivity contribution in [3.63, 3.8) is 0 Å². The standard InChI is InChI=1S/C16H16F2N2O4S/c1-20(2)25(22,23)14-8-4-6-12(10-14)19-15(21)11-5-3-7-13(9-11)24-16(17)18/h3-10,16H,1-2H3,(H,19,21). The number of carbonyl (C=O) groups excluding carboxylic acids is 1. The predicted octanol–water partition coefficient (Wildman–Crippen LogP) is 2.79. The van der Waals surface area contributed by atoms with E-state index in [9.17, 15) is 22.0 Å². The normalized spacial score (nSPS) is 11.6. The number of nitrogens with one attached hydrogen (secondary N) is 1. The highest BCUT2D eigenvalue weighted by molar-refractivity contribution is 7.89. The highest BCUT2D eigenvalue weighted by Gasteiger charge is 2.18. The number of alkyl halides is 2. The Morgan fingerprint density at radius 1 is 1.12 bits per heavy atom. The zero-order valence-corrected chi connectivity index (χ0v) is 14.3. The van der Waals surface area contributed by atoms with E-state index in [1.807, 2.05) is 0 Å². The van der Waals surface area contributed by atoms with Gasteiger partial charge < -0.3 is 10.1 Å². The van der Waals surface area contributed by atoms with Crippen LogP contribution in [-0.2, 0) is 10.0 Å². The molecular formula is C16H16F2N2O4S. The number of rotatable bonds is 6. The lowest BCUT2D eigenvalue weighted by Gasteiger charge is -2.13.